The number of carbonyl (C=O) groups is 1. The van der Waals surface area contributed by atoms with Crippen LogP contribution in [0.15, 0.2) is 82.6 Å². The number of halogens is 1. The molecule has 1 heterocycles. The Balaban J connectivity index is 1.45. The quantitative estimate of drug-likeness (QED) is 0.234. The van der Waals surface area contributed by atoms with E-state index in [2.05, 4.69) is 0 Å². The molecular weight excluding hydrogens is 449 g/mol. The van der Waals surface area contributed by atoms with E-state index in [0.29, 0.717) is 21.6 Å². The van der Waals surface area contributed by atoms with Crippen LogP contribution in [-0.4, -0.2) is 16.5 Å². The van der Waals surface area contributed by atoms with Crippen LogP contribution in [0, 0.1) is 5.82 Å². The van der Waals surface area contributed by atoms with Gasteiger partial charge >= 0.3 is 0 Å². The second-order valence-electron chi connectivity index (χ2n) is 6.70. The molecule has 0 aromatic heterocycles. The van der Waals surface area contributed by atoms with E-state index in [1.54, 1.807) is 28.8 Å². The fourth-order valence-electron chi connectivity index (χ4n) is 3.00. The minimum atomic E-state index is -0.268. The van der Waals surface area contributed by atoms with E-state index in [1.165, 1.54) is 23.9 Å². The van der Waals surface area contributed by atoms with Gasteiger partial charge in [0.15, 0.2) is 4.32 Å². The molecule has 3 aromatic carbocycles. The first-order valence-electron chi connectivity index (χ1n) is 9.43. The summed E-state index contributed by atoms with van der Waals surface area (Å²) in [4.78, 5) is 16.2. The van der Waals surface area contributed by atoms with Gasteiger partial charge in [0.25, 0.3) is 5.91 Å². The average molecular weight is 468 g/mol. The summed E-state index contributed by atoms with van der Waals surface area (Å²) >= 11 is 8.38. The molecule has 1 amide bonds. The van der Waals surface area contributed by atoms with Crippen LogP contribution in [0.4, 0.5) is 10.1 Å². The molecule has 3 nitrogen and oxygen atoms in total. The molecule has 0 unspecified atom stereocenters. The lowest BCUT2D eigenvalue weighted by molar-refractivity contribution is -0.113. The number of anilines is 1. The van der Waals surface area contributed by atoms with Crippen molar-refractivity contribution in [3.8, 4) is 5.75 Å². The van der Waals surface area contributed by atoms with Crippen molar-refractivity contribution in [3.63, 3.8) is 0 Å². The third kappa shape index (κ3) is 5.18. The van der Waals surface area contributed by atoms with Gasteiger partial charge in [-0.2, -0.15) is 0 Å². The number of hydrogen-bond donors (Lipinski definition) is 0. The molecule has 0 radical (unpaired) electrons. The van der Waals surface area contributed by atoms with E-state index in [4.69, 9.17) is 17.0 Å². The van der Waals surface area contributed by atoms with Crippen LogP contribution < -0.4 is 9.64 Å². The van der Waals surface area contributed by atoms with E-state index >= 15 is 0 Å². The van der Waals surface area contributed by atoms with Crippen LogP contribution in [0.3, 0.4) is 0 Å². The lowest BCUT2D eigenvalue weighted by Gasteiger charge is -2.15. The Morgan fingerprint density at radius 3 is 2.55 bits per heavy atom. The van der Waals surface area contributed by atoms with Crippen LogP contribution in [0.2, 0.25) is 0 Å². The maximum absolute atomic E-state index is 13.0. The molecule has 1 aliphatic rings. The molecule has 7 heteroatoms. The number of benzene rings is 3. The maximum Gasteiger partial charge on any atom is 0.270 e. The Bertz CT molecular complexity index is 1140. The number of amides is 1. The lowest BCUT2D eigenvalue weighted by Crippen LogP contribution is -2.27. The third-order valence-electron chi connectivity index (χ3n) is 4.60. The molecule has 1 saturated heterocycles. The Kier molecular flexibility index (Phi) is 6.75. The highest BCUT2D eigenvalue weighted by Gasteiger charge is 2.33. The molecule has 0 bridgehead atoms. The van der Waals surface area contributed by atoms with Gasteiger partial charge in [0.2, 0.25) is 0 Å². The molecule has 156 valence electrons. The highest BCUT2D eigenvalue weighted by Crippen LogP contribution is 2.37. The standard InChI is InChI=1S/C24H18FNO2S3/c1-30-21-4-2-3-19(14-21)26-23(27)22(31-24(26)29)13-16-7-11-20(12-8-16)28-15-17-5-9-18(25)10-6-17/h2-14H,15H2,1H3/b22-13-. The number of thiocarbonyl (C=S) groups is 1. The highest BCUT2D eigenvalue weighted by molar-refractivity contribution is 8.27. The minimum Gasteiger partial charge on any atom is -0.489 e. The van der Waals surface area contributed by atoms with E-state index in [9.17, 15) is 9.18 Å². The van der Waals surface area contributed by atoms with Gasteiger partial charge in [0, 0.05) is 4.90 Å². The maximum atomic E-state index is 13.0. The summed E-state index contributed by atoms with van der Waals surface area (Å²) in [7, 11) is 0. The predicted molar refractivity (Wildman–Crippen MR) is 131 cm³/mol. The van der Waals surface area contributed by atoms with E-state index in [-0.39, 0.29) is 11.7 Å². The summed E-state index contributed by atoms with van der Waals surface area (Å²) in [6.45, 7) is 0.355. The van der Waals surface area contributed by atoms with Crippen molar-refractivity contribution in [2.45, 2.75) is 11.5 Å². The number of thioether (sulfide) groups is 2. The second-order valence-corrected chi connectivity index (χ2v) is 9.26. The molecule has 3 aromatic rings. The Morgan fingerprint density at radius 2 is 1.84 bits per heavy atom. The minimum absolute atomic E-state index is 0.120. The van der Waals surface area contributed by atoms with Crippen molar-refractivity contribution in [1.29, 1.82) is 0 Å². The van der Waals surface area contributed by atoms with Gasteiger partial charge in [0.1, 0.15) is 18.2 Å². The third-order valence-corrected chi connectivity index (χ3v) is 6.63. The predicted octanol–water partition coefficient (Wildman–Crippen LogP) is 6.53. The normalized spacial score (nSPS) is 15.0. The Morgan fingerprint density at radius 1 is 1.10 bits per heavy atom. The summed E-state index contributed by atoms with van der Waals surface area (Å²) in [5, 5.41) is 0. The largest absolute Gasteiger partial charge is 0.489 e. The van der Waals surface area contributed by atoms with Crippen LogP contribution >= 0.6 is 35.7 Å². The van der Waals surface area contributed by atoms with Gasteiger partial charge in [-0.15, -0.1) is 11.8 Å². The molecule has 0 saturated carbocycles. The smallest absolute Gasteiger partial charge is 0.270 e. The number of hydrogen-bond acceptors (Lipinski definition) is 5. The first kappa shape index (κ1) is 21.6. The van der Waals surface area contributed by atoms with Gasteiger partial charge in [-0.1, -0.05) is 54.3 Å². The number of rotatable bonds is 6. The summed E-state index contributed by atoms with van der Waals surface area (Å²) in [6, 6.07) is 21.5. The summed E-state index contributed by atoms with van der Waals surface area (Å²) in [5.41, 5.74) is 2.55. The zero-order valence-electron chi connectivity index (χ0n) is 16.6. The van der Waals surface area contributed by atoms with Crippen molar-refractivity contribution >= 4 is 57.7 Å². The van der Waals surface area contributed by atoms with Crippen molar-refractivity contribution < 1.29 is 13.9 Å². The first-order chi connectivity index (χ1) is 15.0. The summed E-state index contributed by atoms with van der Waals surface area (Å²) < 4.78 is 19.3. The van der Waals surface area contributed by atoms with Crippen molar-refractivity contribution in [3.05, 3.63) is 94.6 Å². The van der Waals surface area contributed by atoms with E-state index in [1.807, 2.05) is 60.9 Å². The molecule has 1 aliphatic heterocycles. The Hall–Kier alpha value is -2.61. The van der Waals surface area contributed by atoms with Gasteiger partial charge in [0.05, 0.1) is 10.6 Å². The zero-order chi connectivity index (χ0) is 21.8. The lowest BCUT2D eigenvalue weighted by atomic mass is 10.2. The Labute approximate surface area is 194 Å². The summed E-state index contributed by atoms with van der Waals surface area (Å²) in [6.07, 6.45) is 3.83. The number of carbonyl (C=O) groups excluding carboxylic acids is 1. The van der Waals surface area contributed by atoms with E-state index < -0.39 is 0 Å². The molecule has 0 N–H and O–H groups in total. The second kappa shape index (κ2) is 9.68. The molecular formula is C24H18FNO2S3. The van der Waals surface area contributed by atoms with Gasteiger partial charge in [-0.3, -0.25) is 9.69 Å². The van der Waals surface area contributed by atoms with Crippen LogP contribution in [0.5, 0.6) is 5.75 Å². The SMILES string of the molecule is CSc1cccc(N2C(=O)/C(=C/c3ccc(OCc4ccc(F)cc4)cc3)SC2=S)c1. The zero-order valence-corrected chi connectivity index (χ0v) is 19.0. The number of ether oxygens (including phenoxy) is 1. The summed E-state index contributed by atoms with van der Waals surface area (Å²) in [5.74, 6) is 0.309. The number of nitrogens with zero attached hydrogens (tertiary/aromatic N) is 1. The van der Waals surface area contributed by atoms with Crippen molar-refractivity contribution in [1.82, 2.24) is 0 Å². The molecule has 0 spiro atoms. The van der Waals surface area contributed by atoms with Crippen LogP contribution in [0.25, 0.3) is 6.08 Å². The fourth-order valence-corrected chi connectivity index (χ4v) is 4.75. The molecule has 31 heavy (non-hydrogen) atoms. The van der Waals surface area contributed by atoms with Gasteiger partial charge < -0.3 is 4.74 Å². The topological polar surface area (TPSA) is 29.5 Å². The van der Waals surface area contributed by atoms with Crippen molar-refractivity contribution in [2.75, 3.05) is 11.2 Å². The molecule has 0 aliphatic carbocycles. The van der Waals surface area contributed by atoms with Crippen LogP contribution in [-0.2, 0) is 11.4 Å². The monoisotopic (exact) mass is 467 g/mol. The highest BCUT2D eigenvalue weighted by atomic mass is 32.2. The van der Waals surface area contributed by atoms with E-state index in [0.717, 1.165) is 21.7 Å². The molecule has 1 fully saturated rings. The molecule has 4 rings (SSSR count). The average Bonchev–Trinajstić information content (AvgIpc) is 3.07. The fraction of sp³-hybridized carbons (Fsp3) is 0.0833. The van der Waals surface area contributed by atoms with Crippen molar-refractivity contribution in [2.24, 2.45) is 0 Å². The first-order valence-corrected chi connectivity index (χ1v) is 11.9. The van der Waals surface area contributed by atoms with Gasteiger partial charge in [-0.25, -0.2) is 4.39 Å². The molecule has 0 atom stereocenters. The van der Waals surface area contributed by atoms with Gasteiger partial charge in [-0.05, 0) is 65.9 Å². The van der Waals surface area contributed by atoms with Crippen LogP contribution in [0.1, 0.15) is 11.1 Å².